The van der Waals surface area contributed by atoms with Crippen molar-refractivity contribution in [2.75, 3.05) is 5.32 Å². The van der Waals surface area contributed by atoms with Crippen LogP contribution in [0.4, 0.5) is 24.7 Å². The highest BCUT2D eigenvalue weighted by molar-refractivity contribution is 7.18. The number of hydrogen-bond donors (Lipinski definition) is 2. The van der Waals surface area contributed by atoms with Crippen molar-refractivity contribution in [2.45, 2.75) is 26.1 Å². The first-order chi connectivity index (χ1) is 16.7. The molecule has 2 N–H and O–H groups in total. The number of aromatic nitrogens is 4. The van der Waals surface area contributed by atoms with Crippen LogP contribution < -0.4 is 10.9 Å². The maximum absolute atomic E-state index is 12.8. The maximum Gasteiger partial charge on any atom is 0.393 e. The van der Waals surface area contributed by atoms with Gasteiger partial charge < -0.3 is 14.9 Å². The number of halogens is 3. The molecule has 1 aromatic carbocycles. The minimum absolute atomic E-state index is 0.142. The lowest BCUT2D eigenvalue weighted by Gasteiger charge is -2.11. The zero-order chi connectivity index (χ0) is 24.7. The molecule has 0 fully saturated rings. The summed E-state index contributed by atoms with van der Waals surface area (Å²) in [6, 6.07) is 12.2. The van der Waals surface area contributed by atoms with Crippen LogP contribution >= 0.6 is 11.3 Å². The van der Waals surface area contributed by atoms with E-state index in [2.05, 4.69) is 26.3 Å². The normalized spacial score (nSPS) is 11.7. The van der Waals surface area contributed by atoms with Crippen molar-refractivity contribution in [2.24, 2.45) is 0 Å². The number of anilines is 2. The number of hydrogen-bond acceptors (Lipinski definition) is 6. The number of alkyl halides is 3. The van der Waals surface area contributed by atoms with Gasteiger partial charge >= 0.3 is 6.18 Å². The average molecular weight is 495 g/mol. The van der Waals surface area contributed by atoms with Crippen LogP contribution in [0.25, 0.3) is 21.1 Å². The molecule has 0 bridgehead atoms. The third-order valence-electron chi connectivity index (χ3n) is 5.66. The van der Waals surface area contributed by atoms with Crippen LogP contribution in [0.3, 0.4) is 0 Å². The van der Waals surface area contributed by atoms with Crippen molar-refractivity contribution < 1.29 is 13.2 Å². The summed E-state index contributed by atoms with van der Waals surface area (Å²) in [5.41, 5.74) is 3.46. The van der Waals surface area contributed by atoms with Gasteiger partial charge in [-0.1, -0.05) is 6.07 Å². The van der Waals surface area contributed by atoms with Gasteiger partial charge in [0.1, 0.15) is 28.7 Å². The number of thiophene rings is 1. The van der Waals surface area contributed by atoms with E-state index in [0.717, 1.165) is 33.4 Å². The van der Waals surface area contributed by atoms with E-state index >= 15 is 0 Å². The lowest BCUT2D eigenvalue weighted by atomic mass is 10.0. The average Bonchev–Trinajstić information content (AvgIpc) is 3.40. The van der Waals surface area contributed by atoms with Crippen LogP contribution in [0.5, 0.6) is 0 Å². The summed E-state index contributed by atoms with van der Waals surface area (Å²) in [6.07, 6.45) is -2.42. The Balaban J connectivity index is 1.40. The van der Waals surface area contributed by atoms with Crippen molar-refractivity contribution in [3.63, 3.8) is 0 Å². The van der Waals surface area contributed by atoms with E-state index in [1.54, 1.807) is 22.9 Å². The fourth-order valence-corrected chi connectivity index (χ4v) is 4.98. The number of aromatic amines is 1. The molecule has 5 aromatic rings. The van der Waals surface area contributed by atoms with Crippen LogP contribution in [0.1, 0.15) is 21.7 Å². The Morgan fingerprint density at radius 2 is 2.00 bits per heavy atom. The van der Waals surface area contributed by atoms with Gasteiger partial charge in [0.25, 0.3) is 5.56 Å². The number of aryl methyl sites for hydroxylation is 1. The largest absolute Gasteiger partial charge is 0.393 e. The first-order valence-corrected chi connectivity index (χ1v) is 11.3. The lowest BCUT2D eigenvalue weighted by Crippen LogP contribution is -2.20. The Morgan fingerprint density at radius 1 is 1.17 bits per heavy atom. The molecule has 11 heteroatoms. The van der Waals surface area contributed by atoms with E-state index < -0.39 is 12.6 Å². The summed E-state index contributed by atoms with van der Waals surface area (Å²) < 4.78 is 39.9. The van der Waals surface area contributed by atoms with Crippen LogP contribution in [0, 0.1) is 18.3 Å². The monoisotopic (exact) mass is 494 g/mol. The minimum atomic E-state index is -4.31. The zero-order valence-corrected chi connectivity index (χ0v) is 19.1. The second-order valence-electron chi connectivity index (χ2n) is 8.06. The number of fused-ring (bicyclic) bond motifs is 2. The Labute approximate surface area is 200 Å². The van der Waals surface area contributed by atoms with Gasteiger partial charge in [0.05, 0.1) is 18.4 Å². The van der Waals surface area contributed by atoms with Crippen molar-refractivity contribution in [3.05, 3.63) is 81.0 Å². The first-order valence-electron chi connectivity index (χ1n) is 10.5. The third kappa shape index (κ3) is 4.61. The molecule has 4 heterocycles. The van der Waals surface area contributed by atoms with E-state index in [9.17, 15) is 18.0 Å². The molecule has 4 aromatic heterocycles. The number of benzene rings is 1. The third-order valence-corrected chi connectivity index (χ3v) is 6.70. The second-order valence-corrected chi connectivity index (χ2v) is 9.17. The predicted molar refractivity (Wildman–Crippen MR) is 128 cm³/mol. The summed E-state index contributed by atoms with van der Waals surface area (Å²) in [4.78, 5) is 24.6. The van der Waals surface area contributed by atoms with Gasteiger partial charge in [-0.15, -0.1) is 11.3 Å². The number of rotatable bonds is 5. The van der Waals surface area contributed by atoms with E-state index in [1.165, 1.54) is 18.5 Å². The molecule has 5 rings (SSSR count). The van der Waals surface area contributed by atoms with E-state index in [-0.39, 0.29) is 10.4 Å². The Morgan fingerprint density at radius 3 is 2.74 bits per heavy atom. The highest BCUT2D eigenvalue weighted by Gasteiger charge is 2.29. The quantitative estimate of drug-likeness (QED) is 0.340. The molecule has 0 unspecified atom stereocenters. The highest BCUT2D eigenvalue weighted by Crippen LogP contribution is 2.33. The van der Waals surface area contributed by atoms with Crippen molar-refractivity contribution >= 4 is 44.0 Å². The van der Waals surface area contributed by atoms with Gasteiger partial charge in [-0.25, -0.2) is 9.97 Å². The van der Waals surface area contributed by atoms with Gasteiger partial charge in [-0.3, -0.25) is 4.79 Å². The number of pyridine rings is 1. The zero-order valence-electron chi connectivity index (χ0n) is 18.3. The second kappa shape index (κ2) is 8.56. The molecular formula is C24H17F3N6OS. The summed E-state index contributed by atoms with van der Waals surface area (Å²) in [5.74, 6) is 0.332. The predicted octanol–water partition coefficient (Wildman–Crippen LogP) is 5.41. The fraction of sp³-hybridized carbons (Fsp3) is 0.167. The van der Waals surface area contributed by atoms with E-state index in [1.807, 2.05) is 19.1 Å². The SMILES string of the molecule is Cc1c(Cn2ccc(Nc3ncnc4sc(CC(F)(F)F)cc34)cc2=O)ccc2[nH]c(C#N)cc12. The molecule has 0 atom stereocenters. The van der Waals surface area contributed by atoms with Crippen molar-refractivity contribution in [1.29, 1.82) is 5.26 Å². The lowest BCUT2D eigenvalue weighted by molar-refractivity contribution is -0.126. The number of H-pyrrole nitrogens is 1. The Hall–Kier alpha value is -4.17. The number of nitriles is 1. The van der Waals surface area contributed by atoms with Gasteiger partial charge in [-0.2, -0.15) is 18.4 Å². The maximum atomic E-state index is 12.8. The Kier molecular flexibility index (Phi) is 5.53. The van der Waals surface area contributed by atoms with Crippen LogP contribution in [0.2, 0.25) is 0 Å². The number of nitrogens with one attached hydrogen (secondary N) is 2. The Bertz CT molecular complexity index is 1680. The van der Waals surface area contributed by atoms with E-state index in [4.69, 9.17) is 5.26 Å². The molecule has 35 heavy (non-hydrogen) atoms. The van der Waals surface area contributed by atoms with Crippen molar-refractivity contribution in [3.8, 4) is 6.07 Å². The molecule has 0 amide bonds. The van der Waals surface area contributed by atoms with Gasteiger partial charge in [0, 0.05) is 33.7 Å². The summed E-state index contributed by atoms with van der Waals surface area (Å²) in [5, 5.41) is 13.5. The molecule has 0 radical (unpaired) electrons. The minimum Gasteiger partial charge on any atom is -0.346 e. The molecule has 0 saturated heterocycles. The molecule has 0 aliphatic carbocycles. The molecule has 7 nitrogen and oxygen atoms in total. The summed E-state index contributed by atoms with van der Waals surface area (Å²) >= 11 is 0.964. The first kappa shape index (κ1) is 22.6. The topological polar surface area (TPSA) is 99.4 Å². The standard InChI is InChI=1S/C24H17F3N6OS/c1-13-14(2-3-20-18(13)6-16(10-28)31-20)11-33-5-4-15(7-21(33)34)32-22-19-8-17(9-24(25,26)27)35-23(19)30-12-29-22/h2-8,12,31H,9,11H2,1H3,(H,29,30,32). The molecule has 0 spiro atoms. The van der Waals surface area contributed by atoms with Gasteiger partial charge in [0.2, 0.25) is 0 Å². The summed E-state index contributed by atoms with van der Waals surface area (Å²) in [6.45, 7) is 2.29. The van der Waals surface area contributed by atoms with Gasteiger partial charge in [-0.05, 0) is 42.3 Å². The molecule has 0 aliphatic rings. The molecule has 0 saturated carbocycles. The van der Waals surface area contributed by atoms with Crippen molar-refractivity contribution in [1.82, 2.24) is 19.5 Å². The van der Waals surface area contributed by atoms with E-state index in [0.29, 0.717) is 34.0 Å². The smallest absolute Gasteiger partial charge is 0.346 e. The van der Waals surface area contributed by atoms with Gasteiger partial charge in [0.15, 0.2) is 0 Å². The fourth-order valence-electron chi connectivity index (χ4n) is 3.95. The van der Waals surface area contributed by atoms with Crippen LogP contribution in [-0.4, -0.2) is 25.7 Å². The van der Waals surface area contributed by atoms with Crippen LogP contribution in [-0.2, 0) is 13.0 Å². The van der Waals surface area contributed by atoms with Crippen LogP contribution in [0.15, 0.2) is 53.7 Å². The highest BCUT2D eigenvalue weighted by atomic mass is 32.1. The molecular weight excluding hydrogens is 477 g/mol. The number of nitrogens with zero attached hydrogens (tertiary/aromatic N) is 4. The molecule has 176 valence electrons. The molecule has 0 aliphatic heterocycles. The summed E-state index contributed by atoms with van der Waals surface area (Å²) in [7, 11) is 0.